The number of aryl methyl sites for hydroxylation is 1. The van der Waals surface area contributed by atoms with Crippen molar-refractivity contribution >= 4 is 5.57 Å². The molecule has 0 saturated carbocycles. The maximum Gasteiger partial charge on any atom is 0.0947 e. The third kappa shape index (κ3) is 1.31. The number of fused-ring (bicyclic) bond motifs is 1. The summed E-state index contributed by atoms with van der Waals surface area (Å²) in [5.41, 5.74) is 3.79. The van der Waals surface area contributed by atoms with Crippen LogP contribution < -0.4 is 0 Å². The molecule has 0 radical (unpaired) electrons. The monoisotopic (exact) mass is 174 g/mol. The van der Waals surface area contributed by atoms with Crippen LogP contribution in [0.4, 0.5) is 4.39 Å². The van der Waals surface area contributed by atoms with Gasteiger partial charge < -0.3 is 0 Å². The minimum absolute atomic E-state index is 0.667. The van der Waals surface area contributed by atoms with Crippen LogP contribution in [0.15, 0.2) is 42.7 Å². The molecule has 2 rings (SSSR count). The molecular weight excluding hydrogens is 163 g/mol. The van der Waals surface area contributed by atoms with E-state index in [9.17, 15) is 4.39 Å². The van der Waals surface area contributed by atoms with Crippen LogP contribution in [-0.2, 0) is 6.42 Å². The molecule has 1 heteroatoms. The zero-order valence-corrected chi connectivity index (χ0v) is 7.39. The molecule has 0 aliphatic heterocycles. The van der Waals surface area contributed by atoms with Crippen molar-refractivity contribution in [3.05, 3.63) is 53.9 Å². The van der Waals surface area contributed by atoms with Crippen LogP contribution in [0.3, 0.4) is 0 Å². The van der Waals surface area contributed by atoms with Crippen LogP contribution in [0.25, 0.3) is 5.57 Å². The van der Waals surface area contributed by atoms with Crippen LogP contribution in [0, 0.1) is 0 Å². The molecular formula is C12H11F. The number of hydrogen-bond donors (Lipinski definition) is 0. The Hall–Kier alpha value is -1.37. The van der Waals surface area contributed by atoms with Crippen molar-refractivity contribution in [1.82, 2.24) is 0 Å². The van der Waals surface area contributed by atoms with Crippen molar-refractivity contribution in [2.45, 2.75) is 12.8 Å². The van der Waals surface area contributed by atoms with E-state index in [1.54, 1.807) is 0 Å². The highest BCUT2D eigenvalue weighted by atomic mass is 19.1. The van der Waals surface area contributed by atoms with Crippen LogP contribution in [0.2, 0.25) is 0 Å². The lowest BCUT2D eigenvalue weighted by molar-refractivity contribution is 0.721. The van der Waals surface area contributed by atoms with E-state index in [1.165, 1.54) is 5.56 Å². The first-order valence-corrected chi connectivity index (χ1v) is 4.39. The highest BCUT2D eigenvalue weighted by molar-refractivity contribution is 5.81. The molecule has 1 aliphatic carbocycles. The predicted octanol–water partition coefficient (Wildman–Crippen LogP) is 3.50. The first kappa shape index (κ1) is 8.24. The Morgan fingerprint density at radius 2 is 2.00 bits per heavy atom. The Labute approximate surface area is 77.4 Å². The summed E-state index contributed by atoms with van der Waals surface area (Å²) in [6.45, 7) is 3.86. The van der Waals surface area contributed by atoms with Gasteiger partial charge in [-0.1, -0.05) is 30.8 Å². The van der Waals surface area contributed by atoms with Crippen LogP contribution in [0.1, 0.15) is 17.5 Å². The molecule has 1 aliphatic rings. The molecule has 0 aromatic heterocycles. The Bertz CT molecular complexity index is 374. The van der Waals surface area contributed by atoms with Crippen molar-refractivity contribution in [2.24, 2.45) is 0 Å². The molecule has 13 heavy (non-hydrogen) atoms. The van der Waals surface area contributed by atoms with E-state index in [1.807, 2.05) is 24.3 Å². The van der Waals surface area contributed by atoms with Gasteiger partial charge in [0.15, 0.2) is 0 Å². The lowest BCUT2D eigenvalue weighted by Gasteiger charge is -2.19. The van der Waals surface area contributed by atoms with E-state index >= 15 is 0 Å². The number of allylic oxidation sites excluding steroid dienone is 2. The van der Waals surface area contributed by atoms with Gasteiger partial charge in [0.2, 0.25) is 0 Å². The van der Waals surface area contributed by atoms with Crippen molar-refractivity contribution in [3.63, 3.8) is 0 Å². The van der Waals surface area contributed by atoms with Crippen molar-refractivity contribution in [3.8, 4) is 0 Å². The third-order valence-electron chi connectivity index (χ3n) is 2.49. The number of benzene rings is 1. The molecule has 0 fully saturated rings. The van der Waals surface area contributed by atoms with E-state index in [-0.39, 0.29) is 0 Å². The summed E-state index contributed by atoms with van der Waals surface area (Å²) < 4.78 is 12.6. The largest absolute Gasteiger partial charge is 0.215 e. The van der Waals surface area contributed by atoms with Crippen LogP contribution in [0.5, 0.6) is 0 Å². The van der Waals surface area contributed by atoms with Crippen LogP contribution in [-0.4, -0.2) is 0 Å². The van der Waals surface area contributed by atoms with Gasteiger partial charge in [0, 0.05) is 5.57 Å². The van der Waals surface area contributed by atoms with Gasteiger partial charge in [-0.2, -0.15) is 0 Å². The fraction of sp³-hybridized carbons (Fsp3) is 0.167. The summed E-state index contributed by atoms with van der Waals surface area (Å²) in [6.07, 6.45) is 2.51. The van der Waals surface area contributed by atoms with Gasteiger partial charge in [-0.3, -0.25) is 0 Å². The number of hydrogen-bond acceptors (Lipinski definition) is 0. The summed E-state index contributed by atoms with van der Waals surface area (Å²) >= 11 is 0. The first-order chi connectivity index (χ1) is 6.33. The van der Waals surface area contributed by atoms with Gasteiger partial charge in [0.1, 0.15) is 0 Å². The molecule has 0 atom stereocenters. The van der Waals surface area contributed by atoms with E-state index in [2.05, 4.69) is 6.58 Å². The second-order valence-electron chi connectivity index (χ2n) is 3.28. The first-order valence-electron chi connectivity index (χ1n) is 4.39. The summed E-state index contributed by atoms with van der Waals surface area (Å²) in [5.74, 6) is 0. The Morgan fingerprint density at radius 3 is 2.77 bits per heavy atom. The van der Waals surface area contributed by atoms with E-state index in [0.29, 0.717) is 11.9 Å². The number of rotatable bonds is 0. The van der Waals surface area contributed by atoms with Crippen molar-refractivity contribution < 1.29 is 4.39 Å². The molecule has 0 saturated heterocycles. The van der Waals surface area contributed by atoms with E-state index < -0.39 is 0 Å². The summed E-state index contributed by atoms with van der Waals surface area (Å²) in [5, 5.41) is 0. The second-order valence-corrected chi connectivity index (χ2v) is 3.28. The van der Waals surface area contributed by atoms with Crippen molar-refractivity contribution in [2.75, 3.05) is 0 Å². The minimum Gasteiger partial charge on any atom is -0.215 e. The average molecular weight is 174 g/mol. The quantitative estimate of drug-likeness (QED) is 0.564. The fourth-order valence-corrected chi connectivity index (χ4v) is 1.75. The molecule has 0 N–H and O–H groups in total. The smallest absolute Gasteiger partial charge is 0.0947 e. The van der Waals surface area contributed by atoms with Gasteiger partial charge in [-0.25, -0.2) is 4.39 Å². The normalized spacial score (nSPS) is 18.8. The molecule has 0 nitrogen and oxygen atoms in total. The maximum absolute atomic E-state index is 12.6. The molecule has 0 spiro atoms. The van der Waals surface area contributed by atoms with Gasteiger partial charge in [-0.15, -0.1) is 0 Å². The van der Waals surface area contributed by atoms with E-state index in [4.69, 9.17) is 0 Å². The topological polar surface area (TPSA) is 0 Å². The van der Waals surface area contributed by atoms with E-state index in [0.717, 1.165) is 24.0 Å². The van der Waals surface area contributed by atoms with Gasteiger partial charge in [0.05, 0.1) is 6.33 Å². The fourth-order valence-electron chi connectivity index (χ4n) is 1.75. The highest BCUT2D eigenvalue weighted by Crippen LogP contribution is 2.33. The summed E-state index contributed by atoms with van der Waals surface area (Å²) in [6, 6.07) is 7.92. The van der Waals surface area contributed by atoms with Gasteiger partial charge >= 0.3 is 0 Å². The molecule has 0 bridgehead atoms. The highest BCUT2D eigenvalue weighted by Gasteiger charge is 2.15. The van der Waals surface area contributed by atoms with Gasteiger partial charge in [-0.05, 0) is 29.5 Å². The number of halogens is 1. The molecule has 0 unspecified atom stereocenters. The average Bonchev–Trinajstić information content (AvgIpc) is 2.18. The zero-order valence-electron chi connectivity index (χ0n) is 7.39. The molecule has 1 aromatic rings. The summed E-state index contributed by atoms with van der Waals surface area (Å²) in [7, 11) is 0. The minimum atomic E-state index is 0.667. The van der Waals surface area contributed by atoms with Crippen molar-refractivity contribution in [1.29, 1.82) is 0 Å². The van der Waals surface area contributed by atoms with Gasteiger partial charge in [0.25, 0.3) is 0 Å². The third-order valence-corrected chi connectivity index (χ3v) is 2.49. The standard InChI is InChI=1S/C12H11F/c1-9-6-7-10-4-2-3-5-11(10)12(9)8-13/h2-5,8H,1,6-7H2/b12-8-. The summed E-state index contributed by atoms with van der Waals surface area (Å²) in [4.78, 5) is 0. The Kier molecular flexibility index (Phi) is 2.01. The SMILES string of the molecule is C=C1CCc2ccccc2/C1=C\F. The molecule has 1 aromatic carbocycles. The van der Waals surface area contributed by atoms with Crippen LogP contribution >= 0.6 is 0 Å². The lowest BCUT2D eigenvalue weighted by atomic mass is 9.85. The Morgan fingerprint density at radius 1 is 1.23 bits per heavy atom. The second kappa shape index (κ2) is 3.17. The molecule has 0 amide bonds. The lowest BCUT2D eigenvalue weighted by Crippen LogP contribution is -2.03. The predicted molar refractivity (Wildman–Crippen MR) is 53.0 cm³/mol. The molecule has 66 valence electrons. The Balaban J connectivity index is 2.58. The maximum atomic E-state index is 12.6. The zero-order chi connectivity index (χ0) is 9.26. The molecule has 0 heterocycles.